The van der Waals surface area contributed by atoms with E-state index in [1.807, 2.05) is 13.0 Å². The lowest BCUT2D eigenvalue weighted by Crippen LogP contribution is -1.99. The number of ether oxygens (including phenoxy) is 1. The van der Waals surface area contributed by atoms with Gasteiger partial charge in [-0.2, -0.15) is 0 Å². The molecule has 0 aliphatic heterocycles. The molecule has 0 aromatic heterocycles. The predicted molar refractivity (Wildman–Crippen MR) is 63.2 cm³/mol. The summed E-state index contributed by atoms with van der Waals surface area (Å²) in [5, 5.41) is 0. The zero-order chi connectivity index (χ0) is 10.8. The molecule has 0 N–H and O–H groups in total. The van der Waals surface area contributed by atoms with Gasteiger partial charge >= 0.3 is 0 Å². The summed E-state index contributed by atoms with van der Waals surface area (Å²) in [6, 6.07) is 0. The molecular weight excluding hydrogens is 172 g/mol. The highest BCUT2D eigenvalue weighted by atomic mass is 16.5. The lowest BCUT2D eigenvalue weighted by Gasteiger charge is -2.10. The van der Waals surface area contributed by atoms with Gasteiger partial charge in [-0.15, -0.1) is 6.58 Å². The Morgan fingerprint density at radius 2 is 2.14 bits per heavy atom. The van der Waals surface area contributed by atoms with Gasteiger partial charge in [-0.25, -0.2) is 0 Å². The van der Waals surface area contributed by atoms with Crippen molar-refractivity contribution in [1.82, 2.24) is 0 Å². The van der Waals surface area contributed by atoms with E-state index >= 15 is 0 Å². The molecule has 0 aromatic carbocycles. The van der Waals surface area contributed by atoms with Gasteiger partial charge < -0.3 is 4.74 Å². The fourth-order valence-corrected chi connectivity index (χ4v) is 1.15. The van der Waals surface area contributed by atoms with Crippen LogP contribution in [0.25, 0.3) is 0 Å². The first-order valence-electron chi connectivity index (χ1n) is 5.59. The summed E-state index contributed by atoms with van der Waals surface area (Å²) < 4.78 is 5.68. The Balaban J connectivity index is 3.54. The highest BCUT2D eigenvalue weighted by molar-refractivity contribution is 4.90. The average Bonchev–Trinajstić information content (AvgIpc) is 2.15. The van der Waals surface area contributed by atoms with Crippen LogP contribution in [0.2, 0.25) is 0 Å². The summed E-state index contributed by atoms with van der Waals surface area (Å²) in [4.78, 5) is 0. The zero-order valence-corrected chi connectivity index (χ0v) is 9.88. The molecule has 0 atom stereocenters. The Kier molecular flexibility index (Phi) is 8.40. The van der Waals surface area contributed by atoms with Crippen molar-refractivity contribution >= 4 is 0 Å². The van der Waals surface area contributed by atoms with Gasteiger partial charge in [0.15, 0.2) is 0 Å². The van der Waals surface area contributed by atoms with Gasteiger partial charge in [-0.1, -0.05) is 19.9 Å². The van der Waals surface area contributed by atoms with Crippen molar-refractivity contribution in [2.75, 3.05) is 6.61 Å². The highest BCUT2D eigenvalue weighted by Crippen LogP contribution is 2.11. The van der Waals surface area contributed by atoms with Crippen LogP contribution in [-0.2, 0) is 4.74 Å². The summed E-state index contributed by atoms with van der Waals surface area (Å²) in [5.74, 6) is 1.86. The lowest BCUT2D eigenvalue weighted by molar-refractivity contribution is 0.185. The third kappa shape index (κ3) is 7.90. The van der Waals surface area contributed by atoms with Gasteiger partial charge in [0, 0.05) is 6.42 Å². The number of allylic oxidation sites excluding steroid dienone is 3. The molecule has 0 aromatic rings. The molecule has 0 amide bonds. The Bertz CT molecular complexity index is 168. The molecule has 0 bridgehead atoms. The van der Waals surface area contributed by atoms with Gasteiger partial charge in [0.25, 0.3) is 0 Å². The molecule has 0 radical (unpaired) electrons. The van der Waals surface area contributed by atoms with E-state index in [0.29, 0.717) is 0 Å². The van der Waals surface area contributed by atoms with Crippen LogP contribution in [0.1, 0.15) is 46.5 Å². The first-order valence-corrected chi connectivity index (χ1v) is 5.59. The fraction of sp³-hybridized carbons (Fsp3) is 0.692. The van der Waals surface area contributed by atoms with Crippen LogP contribution in [0, 0.1) is 5.92 Å². The van der Waals surface area contributed by atoms with Crippen LogP contribution in [0.15, 0.2) is 24.5 Å². The van der Waals surface area contributed by atoms with Gasteiger partial charge in [0.1, 0.15) is 0 Å². The van der Waals surface area contributed by atoms with E-state index in [1.165, 1.54) is 0 Å². The molecule has 14 heavy (non-hydrogen) atoms. The van der Waals surface area contributed by atoms with Crippen LogP contribution in [0.4, 0.5) is 0 Å². The molecule has 82 valence electrons. The SMILES string of the molecule is C=CCCCC(=CC)OCCC(C)C. The molecule has 0 saturated carbocycles. The minimum absolute atomic E-state index is 0.723. The summed E-state index contributed by atoms with van der Waals surface area (Å²) in [5.41, 5.74) is 0. The van der Waals surface area contributed by atoms with E-state index in [0.717, 1.165) is 44.0 Å². The number of rotatable bonds is 8. The molecule has 0 saturated heterocycles. The minimum Gasteiger partial charge on any atom is -0.498 e. The van der Waals surface area contributed by atoms with E-state index in [4.69, 9.17) is 4.74 Å². The second-order valence-corrected chi connectivity index (χ2v) is 3.97. The van der Waals surface area contributed by atoms with Gasteiger partial charge in [-0.05, 0) is 38.2 Å². The quantitative estimate of drug-likeness (QED) is 0.319. The molecule has 0 aliphatic rings. The van der Waals surface area contributed by atoms with E-state index in [-0.39, 0.29) is 0 Å². The molecule has 0 spiro atoms. The van der Waals surface area contributed by atoms with Crippen molar-refractivity contribution < 1.29 is 4.74 Å². The summed E-state index contributed by atoms with van der Waals surface area (Å²) >= 11 is 0. The van der Waals surface area contributed by atoms with Gasteiger partial charge in [-0.3, -0.25) is 0 Å². The van der Waals surface area contributed by atoms with Crippen molar-refractivity contribution in [3.05, 3.63) is 24.5 Å². The van der Waals surface area contributed by atoms with Crippen molar-refractivity contribution in [3.63, 3.8) is 0 Å². The maximum absolute atomic E-state index is 5.68. The number of hydrogen-bond donors (Lipinski definition) is 0. The van der Waals surface area contributed by atoms with Crippen molar-refractivity contribution in [2.24, 2.45) is 5.92 Å². The largest absolute Gasteiger partial charge is 0.498 e. The molecule has 0 heterocycles. The van der Waals surface area contributed by atoms with E-state index in [9.17, 15) is 0 Å². The maximum Gasteiger partial charge on any atom is 0.0917 e. The van der Waals surface area contributed by atoms with E-state index in [1.54, 1.807) is 0 Å². The van der Waals surface area contributed by atoms with E-state index in [2.05, 4.69) is 26.5 Å². The minimum atomic E-state index is 0.723. The van der Waals surface area contributed by atoms with Crippen LogP contribution in [0.3, 0.4) is 0 Å². The molecule has 1 heteroatoms. The summed E-state index contributed by atoms with van der Waals surface area (Å²) in [6.07, 6.45) is 8.43. The predicted octanol–water partition coefficient (Wildman–Crippen LogP) is 4.31. The Morgan fingerprint density at radius 3 is 2.64 bits per heavy atom. The molecule has 0 rings (SSSR count). The molecular formula is C13H24O. The van der Waals surface area contributed by atoms with Crippen LogP contribution >= 0.6 is 0 Å². The Morgan fingerprint density at radius 1 is 1.43 bits per heavy atom. The van der Waals surface area contributed by atoms with Crippen molar-refractivity contribution in [1.29, 1.82) is 0 Å². The number of unbranched alkanes of at least 4 members (excludes halogenated alkanes) is 1. The standard InChI is InChI=1S/C13H24O/c1-5-7-8-9-13(6-2)14-11-10-12(3)4/h5-6,12H,1,7-11H2,2-4H3. The first-order chi connectivity index (χ1) is 6.70. The maximum atomic E-state index is 5.68. The summed E-state index contributed by atoms with van der Waals surface area (Å²) in [7, 11) is 0. The lowest BCUT2D eigenvalue weighted by atomic mass is 10.1. The second kappa shape index (κ2) is 8.86. The smallest absolute Gasteiger partial charge is 0.0917 e. The Labute approximate surface area is 88.9 Å². The Hall–Kier alpha value is -0.720. The van der Waals surface area contributed by atoms with Crippen LogP contribution < -0.4 is 0 Å². The normalized spacial score (nSPS) is 11.9. The van der Waals surface area contributed by atoms with Crippen molar-refractivity contribution in [2.45, 2.75) is 46.5 Å². The van der Waals surface area contributed by atoms with Crippen molar-refractivity contribution in [3.8, 4) is 0 Å². The fourth-order valence-electron chi connectivity index (χ4n) is 1.15. The van der Waals surface area contributed by atoms with Gasteiger partial charge in [0.05, 0.1) is 12.4 Å². The van der Waals surface area contributed by atoms with Gasteiger partial charge in [0.2, 0.25) is 0 Å². The summed E-state index contributed by atoms with van der Waals surface area (Å²) in [6.45, 7) is 11.0. The van der Waals surface area contributed by atoms with Crippen LogP contribution in [-0.4, -0.2) is 6.61 Å². The van der Waals surface area contributed by atoms with E-state index < -0.39 is 0 Å². The monoisotopic (exact) mass is 196 g/mol. The molecule has 1 nitrogen and oxygen atoms in total. The first kappa shape index (κ1) is 13.3. The molecule has 0 aliphatic carbocycles. The third-order valence-electron chi connectivity index (χ3n) is 2.14. The topological polar surface area (TPSA) is 9.23 Å². The second-order valence-electron chi connectivity index (χ2n) is 3.97. The highest BCUT2D eigenvalue weighted by Gasteiger charge is 1.98. The molecule has 0 fully saturated rings. The van der Waals surface area contributed by atoms with Crippen LogP contribution in [0.5, 0.6) is 0 Å². The average molecular weight is 196 g/mol. The molecule has 0 unspecified atom stereocenters. The third-order valence-corrected chi connectivity index (χ3v) is 2.14. The number of hydrogen-bond acceptors (Lipinski definition) is 1. The zero-order valence-electron chi connectivity index (χ0n) is 9.88.